The second-order valence-corrected chi connectivity index (χ2v) is 4.64. The van der Waals surface area contributed by atoms with Crippen LogP contribution in [-0.4, -0.2) is 21.8 Å². The molecule has 2 aromatic heterocycles. The molecule has 0 atom stereocenters. The highest BCUT2D eigenvalue weighted by Crippen LogP contribution is 2.20. The van der Waals surface area contributed by atoms with Crippen molar-refractivity contribution in [2.75, 3.05) is 7.05 Å². The summed E-state index contributed by atoms with van der Waals surface area (Å²) in [4.78, 5) is 4.29. The molecule has 6 heteroatoms. The molecule has 0 amide bonds. The quantitative estimate of drug-likeness (QED) is 0.911. The number of rotatable bonds is 5. The first kappa shape index (κ1) is 13.8. The van der Waals surface area contributed by atoms with Gasteiger partial charge in [0.2, 0.25) is 0 Å². The topological polar surface area (TPSA) is 52.0 Å². The van der Waals surface area contributed by atoms with E-state index in [-0.39, 0.29) is 0 Å². The van der Waals surface area contributed by atoms with Gasteiger partial charge in [-0.25, -0.2) is 0 Å². The molecule has 2 heterocycles. The van der Waals surface area contributed by atoms with Crippen molar-refractivity contribution in [3.8, 4) is 5.75 Å². The third-order valence-corrected chi connectivity index (χ3v) is 3.28. The maximum Gasteiger partial charge on any atom is 0.138 e. The van der Waals surface area contributed by atoms with Gasteiger partial charge in [0.1, 0.15) is 17.5 Å². The van der Waals surface area contributed by atoms with Crippen LogP contribution in [0.25, 0.3) is 0 Å². The van der Waals surface area contributed by atoms with E-state index in [1.807, 2.05) is 33.2 Å². The number of nitrogens with zero attached hydrogens (tertiary/aromatic N) is 3. The molecule has 0 fully saturated rings. The monoisotopic (exact) mass is 280 g/mol. The van der Waals surface area contributed by atoms with Crippen LogP contribution in [0.5, 0.6) is 5.75 Å². The Labute approximate surface area is 117 Å². The molecule has 102 valence electrons. The normalized spacial score (nSPS) is 10.7. The van der Waals surface area contributed by atoms with Crippen LogP contribution in [0.3, 0.4) is 0 Å². The Bertz CT molecular complexity index is 551. The number of hydrogen-bond donors (Lipinski definition) is 1. The van der Waals surface area contributed by atoms with Crippen LogP contribution >= 0.6 is 11.6 Å². The van der Waals surface area contributed by atoms with E-state index in [1.54, 1.807) is 10.9 Å². The minimum atomic E-state index is 0.394. The van der Waals surface area contributed by atoms with Gasteiger partial charge < -0.3 is 10.1 Å². The van der Waals surface area contributed by atoms with Crippen LogP contribution < -0.4 is 10.1 Å². The Morgan fingerprint density at radius 1 is 1.42 bits per heavy atom. The summed E-state index contributed by atoms with van der Waals surface area (Å²) in [6.45, 7) is 3.05. The molecule has 1 N–H and O–H groups in total. The van der Waals surface area contributed by atoms with Gasteiger partial charge in [0.05, 0.1) is 17.6 Å². The molecule has 0 radical (unpaired) electrons. The summed E-state index contributed by atoms with van der Waals surface area (Å²) < 4.78 is 7.32. The minimum Gasteiger partial charge on any atom is -0.487 e. The summed E-state index contributed by atoms with van der Waals surface area (Å²) >= 11 is 6.14. The first-order valence-electron chi connectivity index (χ1n) is 6.02. The Morgan fingerprint density at radius 3 is 2.74 bits per heavy atom. The second kappa shape index (κ2) is 6.04. The molecule has 0 unspecified atom stereocenters. The zero-order chi connectivity index (χ0) is 13.8. The molecule has 2 rings (SSSR count). The van der Waals surface area contributed by atoms with E-state index < -0.39 is 0 Å². The van der Waals surface area contributed by atoms with Crippen LogP contribution in [-0.2, 0) is 20.2 Å². The molecule has 0 saturated carbocycles. The predicted molar refractivity (Wildman–Crippen MR) is 74.3 cm³/mol. The number of nitrogens with one attached hydrogen (secondary N) is 1. The van der Waals surface area contributed by atoms with E-state index in [4.69, 9.17) is 16.3 Å². The summed E-state index contributed by atoms with van der Waals surface area (Å²) in [5, 5.41) is 7.90. The molecular weight excluding hydrogens is 264 g/mol. The van der Waals surface area contributed by atoms with E-state index in [0.717, 1.165) is 29.2 Å². The lowest BCUT2D eigenvalue weighted by molar-refractivity contribution is 0.304. The highest BCUT2D eigenvalue weighted by Gasteiger charge is 2.11. The van der Waals surface area contributed by atoms with E-state index in [1.165, 1.54) is 0 Å². The zero-order valence-corrected chi connectivity index (χ0v) is 12.0. The van der Waals surface area contributed by atoms with E-state index in [2.05, 4.69) is 15.4 Å². The van der Waals surface area contributed by atoms with Crippen molar-refractivity contribution in [1.82, 2.24) is 20.1 Å². The van der Waals surface area contributed by atoms with Gasteiger partial charge in [0.15, 0.2) is 0 Å². The third kappa shape index (κ3) is 3.24. The van der Waals surface area contributed by atoms with Crippen molar-refractivity contribution >= 4 is 11.6 Å². The molecule has 5 nitrogen and oxygen atoms in total. The van der Waals surface area contributed by atoms with Crippen LogP contribution in [0.2, 0.25) is 5.15 Å². The fourth-order valence-electron chi connectivity index (χ4n) is 1.78. The van der Waals surface area contributed by atoms with Crippen LogP contribution in [0.4, 0.5) is 0 Å². The SMILES string of the molecule is CNCc1ccc(OCc2c(C)nn(C)c2Cl)cn1. The fraction of sp³-hybridized carbons (Fsp3) is 0.385. The minimum absolute atomic E-state index is 0.394. The molecule has 0 aliphatic carbocycles. The average Bonchev–Trinajstić information content (AvgIpc) is 2.64. The lowest BCUT2D eigenvalue weighted by atomic mass is 10.3. The van der Waals surface area contributed by atoms with Gasteiger partial charge in [0, 0.05) is 19.2 Å². The summed E-state index contributed by atoms with van der Waals surface area (Å²) in [7, 11) is 3.70. The molecule has 0 bridgehead atoms. The molecular formula is C13H17ClN4O. The maximum absolute atomic E-state index is 6.14. The van der Waals surface area contributed by atoms with Gasteiger partial charge in [0.25, 0.3) is 0 Å². The Morgan fingerprint density at radius 2 is 2.21 bits per heavy atom. The second-order valence-electron chi connectivity index (χ2n) is 4.28. The van der Waals surface area contributed by atoms with Gasteiger partial charge in [-0.05, 0) is 26.1 Å². The fourth-order valence-corrected chi connectivity index (χ4v) is 2.00. The highest BCUT2D eigenvalue weighted by atomic mass is 35.5. The zero-order valence-electron chi connectivity index (χ0n) is 11.3. The summed E-state index contributed by atoms with van der Waals surface area (Å²) in [5.74, 6) is 0.721. The van der Waals surface area contributed by atoms with Crippen LogP contribution in [0.1, 0.15) is 17.0 Å². The first-order chi connectivity index (χ1) is 9.11. The highest BCUT2D eigenvalue weighted by molar-refractivity contribution is 6.30. The molecule has 0 saturated heterocycles. The molecule has 2 aromatic rings. The third-order valence-electron chi connectivity index (χ3n) is 2.81. The van der Waals surface area contributed by atoms with Crippen molar-refractivity contribution < 1.29 is 4.74 Å². The van der Waals surface area contributed by atoms with Gasteiger partial charge in [-0.15, -0.1) is 0 Å². The average molecular weight is 281 g/mol. The smallest absolute Gasteiger partial charge is 0.138 e. The number of halogens is 1. The predicted octanol–water partition coefficient (Wildman–Crippen LogP) is 2.08. The Hall–Kier alpha value is -1.59. The molecule has 19 heavy (non-hydrogen) atoms. The van der Waals surface area contributed by atoms with Crippen molar-refractivity contribution in [2.45, 2.75) is 20.1 Å². The largest absolute Gasteiger partial charge is 0.487 e. The standard InChI is InChI=1S/C13H17ClN4O/c1-9-12(13(14)18(3)17-9)8-19-11-5-4-10(6-15-2)16-7-11/h4-5,7,15H,6,8H2,1-3H3. The number of pyridine rings is 1. The first-order valence-corrected chi connectivity index (χ1v) is 6.40. The lowest BCUT2D eigenvalue weighted by Gasteiger charge is -2.06. The van der Waals surface area contributed by atoms with Gasteiger partial charge in [-0.1, -0.05) is 11.6 Å². The van der Waals surface area contributed by atoms with Gasteiger partial charge in [-0.3, -0.25) is 9.67 Å². The number of ether oxygens (including phenoxy) is 1. The summed E-state index contributed by atoms with van der Waals surface area (Å²) in [5.41, 5.74) is 2.76. The Balaban J connectivity index is 2.02. The van der Waals surface area contributed by atoms with Crippen LogP contribution in [0.15, 0.2) is 18.3 Å². The number of hydrogen-bond acceptors (Lipinski definition) is 4. The maximum atomic E-state index is 6.14. The van der Waals surface area contributed by atoms with E-state index in [9.17, 15) is 0 Å². The lowest BCUT2D eigenvalue weighted by Crippen LogP contribution is -2.06. The summed E-state index contributed by atoms with van der Waals surface area (Å²) in [6.07, 6.45) is 1.71. The molecule has 0 spiro atoms. The van der Waals surface area contributed by atoms with Crippen LogP contribution in [0, 0.1) is 6.92 Å². The van der Waals surface area contributed by atoms with E-state index in [0.29, 0.717) is 11.8 Å². The number of aryl methyl sites for hydroxylation is 2. The Kier molecular flexibility index (Phi) is 4.39. The summed E-state index contributed by atoms with van der Waals surface area (Å²) in [6, 6.07) is 3.84. The van der Waals surface area contributed by atoms with Crippen molar-refractivity contribution in [2.24, 2.45) is 7.05 Å². The van der Waals surface area contributed by atoms with Crippen molar-refractivity contribution in [3.05, 3.63) is 40.4 Å². The molecule has 0 aliphatic heterocycles. The van der Waals surface area contributed by atoms with Gasteiger partial charge in [-0.2, -0.15) is 5.10 Å². The molecule has 0 aliphatic rings. The van der Waals surface area contributed by atoms with E-state index >= 15 is 0 Å². The van der Waals surface area contributed by atoms with Crippen molar-refractivity contribution in [1.29, 1.82) is 0 Å². The number of aromatic nitrogens is 3. The van der Waals surface area contributed by atoms with Gasteiger partial charge >= 0.3 is 0 Å². The molecule has 0 aromatic carbocycles. The van der Waals surface area contributed by atoms with Crippen molar-refractivity contribution in [3.63, 3.8) is 0 Å².